The number of para-hydroxylation sites is 1. The molecule has 2 aliphatic heterocycles. The number of allylic oxidation sites excluding steroid dienone is 3. The van der Waals surface area contributed by atoms with E-state index in [1.54, 1.807) is 12.1 Å². The standard InChI is InChI=1S/C33H30N4O3/c1-21-11-12-25-27(19-21)40-28-20-26(34-13-14-36-15-17-37(18-16-36)22-7-3-2-4-8-22)29-30(31(28)35-25)33(39)24-10-6-5-9-23(24)32(29)38/h2-12,19-20,30,34H,13-18H2,1H3/p+1. The minimum Gasteiger partial charge on any atom is -0.444 e. The Morgan fingerprint density at radius 1 is 0.925 bits per heavy atom. The highest BCUT2D eigenvalue weighted by Crippen LogP contribution is 2.38. The molecule has 1 saturated heterocycles. The van der Waals surface area contributed by atoms with E-state index in [1.165, 1.54) is 5.69 Å². The fourth-order valence-corrected chi connectivity index (χ4v) is 6.10. The summed E-state index contributed by atoms with van der Waals surface area (Å²) < 4.78 is 6.33. The normalized spacial score (nSPS) is 20.0. The summed E-state index contributed by atoms with van der Waals surface area (Å²) in [6.07, 6.45) is 1.88. The summed E-state index contributed by atoms with van der Waals surface area (Å²) in [6, 6.07) is 23.6. The van der Waals surface area contributed by atoms with E-state index in [2.05, 4.69) is 44.4 Å². The number of Topliss-reactive ketones (excluding diaryl/α,β-unsaturated/α-hetero) is 2. The minimum atomic E-state index is -0.742. The Kier molecular flexibility index (Phi) is 6.09. The lowest BCUT2D eigenvalue weighted by molar-refractivity contribution is -0.361. The number of piperazine rings is 1. The Bertz CT molecular complexity index is 1610. The molecule has 0 bridgehead atoms. The molecule has 0 spiro atoms. The van der Waals surface area contributed by atoms with Crippen LogP contribution in [-0.2, 0) is 0 Å². The van der Waals surface area contributed by atoms with Gasteiger partial charge in [0, 0.05) is 79.5 Å². The number of carbonyl (C=O) groups is 2. The summed E-state index contributed by atoms with van der Waals surface area (Å²) in [5.74, 6) is 0.344. The third kappa shape index (κ3) is 4.23. The molecule has 2 aliphatic carbocycles. The van der Waals surface area contributed by atoms with Crippen molar-refractivity contribution in [2.75, 3.05) is 44.2 Å². The Labute approximate surface area is 233 Å². The molecular weight excluding hydrogens is 500 g/mol. The van der Waals surface area contributed by atoms with Crippen molar-refractivity contribution < 1.29 is 19.3 Å². The first-order chi connectivity index (χ1) is 19.6. The van der Waals surface area contributed by atoms with Crippen molar-refractivity contribution in [3.05, 3.63) is 113 Å². The Hall–Kier alpha value is -4.49. The summed E-state index contributed by atoms with van der Waals surface area (Å²) in [5, 5.41) is 3.51. The molecule has 1 atom stereocenters. The zero-order chi connectivity index (χ0) is 27.2. The van der Waals surface area contributed by atoms with Crippen LogP contribution in [0.15, 0.2) is 95.9 Å². The van der Waals surface area contributed by atoms with E-state index >= 15 is 0 Å². The number of rotatable bonds is 5. The van der Waals surface area contributed by atoms with Gasteiger partial charge in [-0.25, -0.2) is 4.99 Å². The molecule has 0 saturated carbocycles. The predicted octanol–water partition coefficient (Wildman–Crippen LogP) is 2.80. The van der Waals surface area contributed by atoms with Gasteiger partial charge in [0.15, 0.2) is 23.1 Å². The lowest BCUT2D eigenvalue weighted by atomic mass is 9.72. The summed E-state index contributed by atoms with van der Waals surface area (Å²) in [4.78, 5) is 36.0. The SMILES string of the molecule is Cc1ccc2c(c1)OC1=CC(NCCN3CCN(c4ccccc4)CC3)=C3C(=O)c4ccccc4C(=O)C3C1=[NH+]2. The van der Waals surface area contributed by atoms with Crippen molar-refractivity contribution in [3.8, 4) is 5.75 Å². The van der Waals surface area contributed by atoms with Gasteiger partial charge < -0.3 is 15.0 Å². The maximum atomic E-state index is 13.9. The van der Waals surface area contributed by atoms with Crippen LogP contribution in [0.25, 0.3) is 0 Å². The number of nitrogens with one attached hydrogen (secondary N) is 2. The van der Waals surface area contributed by atoms with E-state index in [4.69, 9.17) is 4.74 Å². The van der Waals surface area contributed by atoms with Crippen LogP contribution in [0.5, 0.6) is 5.75 Å². The largest absolute Gasteiger partial charge is 0.444 e. The summed E-state index contributed by atoms with van der Waals surface area (Å²) in [6.45, 7) is 7.40. The van der Waals surface area contributed by atoms with E-state index in [0.717, 1.165) is 44.0 Å². The lowest BCUT2D eigenvalue weighted by Crippen LogP contribution is -2.72. The highest BCUT2D eigenvalue weighted by molar-refractivity contribution is 6.32. The topological polar surface area (TPSA) is 75.9 Å². The number of anilines is 1. The van der Waals surface area contributed by atoms with Crippen molar-refractivity contribution in [2.45, 2.75) is 6.92 Å². The smallest absolute Gasteiger partial charge is 0.246 e. The minimum absolute atomic E-state index is 0.0891. The second kappa shape index (κ2) is 9.92. The second-order valence-electron chi connectivity index (χ2n) is 10.7. The fourth-order valence-electron chi connectivity index (χ4n) is 6.10. The average molecular weight is 532 g/mol. The van der Waals surface area contributed by atoms with Crippen molar-refractivity contribution in [1.29, 1.82) is 0 Å². The number of benzene rings is 3. The van der Waals surface area contributed by atoms with Crippen LogP contribution in [0.2, 0.25) is 0 Å². The van der Waals surface area contributed by atoms with Gasteiger partial charge in [0.05, 0.1) is 0 Å². The molecule has 0 radical (unpaired) electrons. The van der Waals surface area contributed by atoms with Crippen LogP contribution < -0.4 is 19.9 Å². The Morgan fingerprint density at radius 3 is 2.48 bits per heavy atom. The maximum Gasteiger partial charge on any atom is 0.246 e. The molecule has 2 N–H and O–H groups in total. The third-order valence-electron chi connectivity index (χ3n) is 8.22. The molecule has 200 valence electrons. The van der Waals surface area contributed by atoms with E-state index in [1.807, 2.05) is 49.4 Å². The van der Waals surface area contributed by atoms with Crippen LogP contribution >= 0.6 is 0 Å². The first kappa shape index (κ1) is 24.5. The van der Waals surface area contributed by atoms with E-state index in [9.17, 15) is 9.59 Å². The molecule has 3 aromatic rings. The van der Waals surface area contributed by atoms with Gasteiger partial charge >= 0.3 is 0 Å². The number of carbonyl (C=O) groups excluding carboxylic acids is 2. The maximum absolute atomic E-state index is 13.9. The fraction of sp³-hybridized carbons (Fsp3) is 0.242. The monoisotopic (exact) mass is 531 g/mol. The van der Waals surface area contributed by atoms with Crippen molar-refractivity contribution >= 4 is 28.7 Å². The van der Waals surface area contributed by atoms with Gasteiger partial charge in [-0.3, -0.25) is 14.5 Å². The molecule has 0 amide bonds. The second-order valence-corrected chi connectivity index (χ2v) is 10.7. The summed E-state index contributed by atoms with van der Waals surface area (Å²) in [5.41, 5.74) is 5.84. The Morgan fingerprint density at radius 2 is 1.68 bits per heavy atom. The molecule has 40 heavy (non-hydrogen) atoms. The van der Waals surface area contributed by atoms with Crippen LogP contribution in [0.3, 0.4) is 0 Å². The average Bonchev–Trinajstić information content (AvgIpc) is 2.99. The molecule has 1 fully saturated rings. The number of ketones is 2. The first-order valence-corrected chi connectivity index (χ1v) is 13.9. The summed E-state index contributed by atoms with van der Waals surface area (Å²) >= 11 is 0. The van der Waals surface area contributed by atoms with Gasteiger partial charge in [-0.15, -0.1) is 0 Å². The number of hydrogen-bond donors (Lipinski definition) is 2. The van der Waals surface area contributed by atoms with Gasteiger partial charge in [-0.2, -0.15) is 0 Å². The van der Waals surface area contributed by atoms with E-state index in [0.29, 0.717) is 46.2 Å². The van der Waals surface area contributed by atoms with E-state index < -0.39 is 5.92 Å². The number of fused-ring (bicyclic) bond motifs is 5. The predicted molar refractivity (Wildman–Crippen MR) is 154 cm³/mol. The molecular formula is C33H31N4O3+. The van der Waals surface area contributed by atoms with Crippen LogP contribution in [-0.4, -0.2) is 61.4 Å². The molecule has 7 heteroatoms. The van der Waals surface area contributed by atoms with Gasteiger partial charge in [0.1, 0.15) is 5.92 Å². The molecule has 0 aromatic heterocycles. The van der Waals surface area contributed by atoms with Crippen LogP contribution in [0.1, 0.15) is 26.3 Å². The number of ether oxygens (including phenoxy) is 1. The first-order valence-electron chi connectivity index (χ1n) is 13.9. The quantitative estimate of drug-likeness (QED) is 0.528. The molecule has 1 unspecified atom stereocenters. The van der Waals surface area contributed by atoms with Crippen molar-refractivity contribution in [3.63, 3.8) is 0 Å². The van der Waals surface area contributed by atoms with Gasteiger partial charge in [0.25, 0.3) is 0 Å². The van der Waals surface area contributed by atoms with Crippen LogP contribution in [0.4, 0.5) is 11.4 Å². The van der Waals surface area contributed by atoms with Gasteiger partial charge in [-0.1, -0.05) is 48.5 Å². The molecule has 2 heterocycles. The molecule has 7 nitrogen and oxygen atoms in total. The van der Waals surface area contributed by atoms with E-state index in [-0.39, 0.29) is 11.6 Å². The molecule has 4 aliphatic rings. The Balaban J connectivity index is 1.15. The number of aryl methyl sites for hydroxylation is 1. The molecule has 3 aromatic carbocycles. The number of nitrogens with zero attached hydrogens (tertiary/aromatic N) is 2. The lowest BCUT2D eigenvalue weighted by Gasteiger charge is -2.36. The zero-order valence-corrected chi connectivity index (χ0v) is 22.4. The van der Waals surface area contributed by atoms with Crippen molar-refractivity contribution in [2.24, 2.45) is 5.92 Å². The summed E-state index contributed by atoms with van der Waals surface area (Å²) in [7, 11) is 0. The van der Waals surface area contributed by atoms with Gasteiger partial charge in [0.2, 0.25) is 11.4 Å². The van der Waals surface area contributed by atoms with Gasteiger partial charge in [-0.05, 0) is 30.7 Å². The number of hydrogen-bond acceptors (Lipinski definition) is 6. The third-order valence-corrected chi connectivity index (χ3v) is 8.22. The molecule has 7 rings (SSSR count). The van der Waals surface area contributed by atoms with Crippen molar-refractivity contribution in [1.82, 2.24) is 10.2 Å². The zero-order valence-electron chi connectivity index (χ0n) is 22.4. The van der Waals surface area contributed by atoms with Crippen LogP contribution in [0, 0.1) is 12.8 Å². The highest BCUT2D eigenvalue weighted by atomic mass is 16.5. The highest BCUT2D eigenvalue weighted by Gasteiger charge is 2.49.